The summed E-state index contributed by atoms with van der Waals surface area (Å²) in [5, 5.41) is 13.0. The van der Waals surface area contributed by atoms with Crippen LogP contribution >= 0.6 is 22.9 Å². The zero-order valence-electron chi connectivity index (χ0n) is 10.6. The molecule has 0 saturated carbocycles. The Morgan fingerprint density at radius 3 is 2.95 bits per heavy atom. The summed E-state index contributed by atoms with van der Waals surface area (Å²) in [7, 11) is 0. The van der Waals surface area contributed by atoms with Crippen LogP contribution in [-0.4, -0.2) is 23.3 Å². The van der Waals surface area contributed by atoms with E-state index in [9.17, 15) is 4.39 Å². The van der Waals surface area contributed by atoms with Crippen LogP contribution in [-0.2, 0) is 6.42 Å². The van der Waals surface area contributed by atoms with Gasteiger partial charge in [-0.15, -0.1) is 10.2 Å². The second kappa shape index (κ2) is 6.93. The average molecular weight is 300 g/mol. The molecule has 1 aromatic heterocycles. The van der Waals surface area contributed by atoms with Gasteiger partial charge < -0.3 is 5.32 Å². The lowest BCUT2D eigenvalue weighted by Gasteiger charge is -1.99. The molecule has 0 radical (unpaired) electrons. The van der Waals surface area contributed by atoms with E-state index < -0.39 is 5.82 Å². The van der Waals surface area contributed by atoms with Crippen LogP contribution < -0.4 is 5.32 Å². The molecular formula is C13H15ClFN3S. The fourth-order valence-electron chi connectivity index (χ4n) is 1.63. The minimum atomic E-state index is -0.434. The third kappa shape index (κ3) is 3.72. The van der Waals surface area contributed by atoms with E-state index in [1.54, 1.807) is 12.1 Å². The molecule has 2 aromatic rings. The third-order valence-electron chi connectivity index (χ3n) is 2.59. The Kier molecular flexibility index (Phi) is 5.24. The van der Waals surface area contributed by atoms with Gasteiger partial charge in [-0.2, -0.15) is 0 Å². The molecule has 0 amide bonds. The highest BCUT2D eigenvalue weighted by atomic mass is 35.5. The predicted molar refractivity (Wildman–Crippen MR) is 77.2 cm³/mol. The number of nitrogens with zero attached hydrogens (tertiary/aromatic N) is 2. The molecule has 0 aliphatic carbocycles. The normalized spacial score (nSPS) is 10.9. The van der Waals surface area contributed by atoms with Crippen molar-refractivity contribution in [1.82, 2.24) is 15.5 Å². The minimum Gasteiger partial charge on any atom is -0.316 e. The van der Waals surface area contributed by atoms with Crippen molar-refractivity contribution in [2.24, 2.45) is 0 Å². The van der Waals surface area contributed by atoms with E-state index in [4.69, 9.17) is 11.6 Å². The first-order valence-corrected chi connectivity index (χ1v) is 7.39. The summed E-state index contributed by atoms with van der Waals surface area (Å²) in [6.45, 7) is 3.98. The van der Waals surface area contributed by atoms with Crippen molar-refractivity contribution in [2.45, 2.75) is 19.8 Å². The van der Waals surface area contributed by atoms with Gasteiger partial charge in [-0.3, -0.25) is 0 Å². The van der Waals surface area contributed by atoms with Crippen LogP contribution in [0.5, 0.6) is 0 Å². The second-order valence-corrected chi connectivity index (χ2v) is 5.57. The van der Waals surface area contributed by atoms with Gasteiger partial charge in [0.15, 0.2) is 10.8 Å². The number of rotatable bonds is 6. The smallest absolute Gasteiger partial charge is 0.152 e. The van der Waals surface area contributed by atoms with E-state index in [1.165, 1.54) is 17.4 Å². The lowest BCUT2D eigenvalue weighted by atomic mass is 10.2. The SMILES string of the molecule is CCCNCCc1nnc(-c2cccc(Cl)c2F)s1. The molecule has 1 N–H and O–H groups in total. The molecule has 0 aliphatic heterocycles. The zero-order valence-corrected chi connectivity index (χ0v) is 12.2. The quantitative estimate of drug-likeness (QED) is 0.829. The fourth-order valence-corrected chi connectivity index (χ4v) is 2.66. The van der Waals surface area contributed by atoms with Crippen molar-refractivity contribution in [3.8, 4) is 10.6 Å². The van der Waals surface area contributed by atoms with Gasteiger partial charge in [-0.05, 0) is 25.1 Å². The zero-order chi connectivity index (χ0) is 13.7. The van der Waals surface area contributed by atoms with Crippen LogP contribution in [0, 0.1) is 5.82 Å². The Bertz CT molecular complexity index is 544. The summed E-state index contributed by atoms with van der Waals surface area (Å²) in [5.74, 6) is -0.434. The highest BCUT2D eigenvalue weighted by Gasteiger charge is 2.13. The van der Waals surface area contributed by atoms with Gasteiger partial charge in [-0.25, -0.2) is 4.39 Å². The molecule has 1 aromatic carbocycles. The van der Waals surface area contributed by atoms with E-state index in [2.05, 4.69) is 22.4 Å². The highest BCUT2D eigenvalue weighted by molar-refractivity contribution is 7.14. The number of nitrogens with one attached hydrogen (secondary N) is 1. The predicted octanol–water partition coefficient (Wildman–Crippen LogP) is 3.54. The van der Waals surface area contributed by atoms with Crippen molar-refractivity contribution >= 4 is 22.9 Å². The van der Waals surface area contributed by atoms with Crippen molar-refractivity contribution in [3.63, 3.8) is 0 Å². The Morgan fingerprint density at radius 2 is 2.16 bits per heavy atom. The molecule has 0 bridgehead atoms. The van der Waals surface area contributed by atoms with Crippen LogP contribution in [0.25, 0.3) is 10.6 Å². The van der Waals surface area contributed by atoms with Crippen LogP contribution in [0.15, 0.2) is 18.2 Å². The van der Waals surface area contributed by atoms with Crippen LogP contribution in [0.3, 0.4) is 0 Å². The first-order chi connectivity index (χ1) is 9.22. The van der Waals surface area contributed by atoms with E-state index in [0.29, 0.717) is 10.6 Å². The molecule has 1 heterocycles. The molecule has 3 nitrogen and oxygen atoms in total. The van der Waals surface area contributed by atoms with Crippen LogP contribution in [0.4, 0.5) is 4.39 Å². The summed E-state index contributed by atoms with van der Waals surface area (Å²) < 4.78 is 13.8. The molecule has 0 unspecified atom stereocenters. The molecule has 19 heavy (non-hydrogen) atoms. The third-order valence-corrected chi connectivity index (χ3v) is 3.90. The van der Waals surface area contributed by atoms with Gasteiger partial charge in [0.25, 0.3) is 0 Å². The van der Waals surface area contributed by atoms with Gasteiger partial charge in [-0.1, -0.05) is 35.9 Å². The summed E-state index contributed by atoms with van der Waals surface area (Å²) in [5.41, 5.74) is 0.415. The average Bonchev–Trinajstić information content (AvgIpc) is 2.87. The van der Waals surface area contributed by atoms with Gasteiger partial charge >= 0.3 is 0 Å². The summed E-state index contributed by atoms with van der Waals surface area (Å²) in [4.78, 5) is 0. The number of hydrogen-bond donors (Lipinski definition) is 1. The largest absolute Gasteiger partial charge is 0.316 e. The van der Waals surface area contributed by atoms with E-state index in [1.807, 2.05) is 0 Å². The molecule has 6 heteroatoms. The van der Waals surface area contributed by atoms with Crippen molar-refractivity contribution < 1.29 is 4.39 Å². The topological polar surface area (TPSA) is 37.8 Å². The van der Waals surface area contributed by atoms with Crippen LogP contribution in [0.1, 0.15) is 18.4 Å². The van der Waals surface area contributed by atoms with Crippen molar-refractivity contribution in [3.05, 3.63) is 34.0 Å². The molecule has 0 aliphatic rings. The Balaban J connectivity index is 2.06. The van der Waals surface area contributed by atoms with Crippen LogP contribution in [0.2, 0.25) is 5.02 Å². The molecule has 0 spiro atoms. The van der Waals surface area contributed by atoms with E-state index >= 15 is 0 Å². The lowest BCUT2D eigenvalue weighted by molar-refractivity contribution is 0.631. The van der Waals surface area contributed by atoms with Gasteiger partial charge in [0, 0.05) is 18.5 Å². The minimum absolute atomic E-state index is 0.110. The maximum absolute atomic E-state index is 13.8. The van der Waals surface area contributed by atoms with Crippen molar-refractivity contribution in [2.75, 3.05) is 13.1 Å². The maximum Gasteiger partial charge on any atom is 0.152 e. The Labute approximate surface area is 120 Å². The Morgan fingerprint density at radius 1 is 1.32 bits per heavy atom. The number of benzene rings is 1. The molecule has 0 fully saturated rings. The number of hydrogen-bond acceptors (Lipinski definition) is 4. The Hall–Kier alpha value is -1.04. The monoisotopic (exact) mass is 299 g/mol. The first kappa shape index (κ1) is 14.4. The fraction of sp³-hybridized carbons (Fsp3) is 0.385. The van der Waals surface area contributed by atoms with Crippen molar-refractivity contribution in [1.29, 1.82) is 0 Å². The molecule has 0 saturated heterocycles. The number of aromatic nitrogens is 2. The molecular weight excluding hydrogens is 285 g/mol. The first-order valence-electron chi connectivity index (χ1n) is 6.20. The number of halogens is 2. The molecule has 102 valence electrons. The van der Waals surface area contributed by atoms with Gasteiger partial charge in [0.05, 0.1) is 5.02 Å². The summed E-state index contributed by atoms with van der Waals surface area (Å²) in [6.07, 6.45) is 1.91. The molecule has 2 rings (SSSR count). The maximum atomic E-state index is 13.8. The lowest BCUT2D eigenvalue weighted by Crippen LogP contribution is -2.17. The van der Waals surface area contributed by atoms with E-state index in [0.717, 1.165) is 30.9 Å². The highest BCUT2D eigenvalue weighted by Crippen LogP contribution is 2.29. The molecule has 0 atom stereocenters. The summed E-state index contributed by atoms with van der Waals surface area (Å²) in [6, 6.07) is 4.91. The van der Waals surface area contributed by atoms with Gasteiger partial charge in [0.1, 0.15) is 5.01 Å². The standard InChI is InChI=1S/C13H15ClFN3S/c1-2-7-16-8-6-11-17-18-13(19-11)9-4-3-5-10(14)12(9)15/h3-5,16H,2,6-8H2,1H3. The summed E-state index contributed by atoms with van der Waals surface area (Å²) >= 11 is 7.17. The van der Waals surface area contributed by atoms with E-state index in [-0.39, 0.29) is 5.02 Å². The second-order valence-electron chi connectivity index (χ2n) is 4.10. The van der Waals surface area contributed by atoms with Gasteiger partial charge in [0.2, 0.25) is 0 Å².